The maximum absolute atomic E-state index is 12.4. The van der Waals surface area contributed by atoms with Crippen LogP contribution in [0, 0.1) is 0 Å². The van der Waals surface area contributed by atoms with E-state index >= 15 is 0 Å². The van der Waals surface area contributed by atoms with E-state index in [0.29, 0.717) is 13.1 Å². The lowest BCUT2D eigenvalue weighted by atomic mass is 9.93. The summed E-state index contributed by atoms with van der Waals surface area (Å²) in [5.41, 5.74) is 0.762. The van der Waals surface area contributed by atoms with Gasteiger partial charge in [0.25, 0.3) is 0 Å². The number of benzene rings is 1. The van der Waals surface area contributed by atoms with Crippen LogP contribution in [0.1, 0.15) is 45.1 Å². The zero-order chi connectivity index (χ0) is 19.2. The SMILES string of the molecule is CCN(CC)S(=O)(=O)c1ccc(/C=C/C(=O)NC2CCC(O)CC2)cc1. The molecule has 1 amide bonds. The molecule has 1 fully saturated rings. The van der Waals surface area contributed by atoms with Gasteiger partial charge in [-0.3, -0.25) is 4.79 Å². The molecule has 0 spiro atoms. The van der Waals surface area contributed by atoms with Crippen LogP contribution in [0.3, 0.4) is 0 Å². The Bertz CT molecular complexity index is 716. The van der Waals surface area contributed by atoms with Gasteiger partial charge in [-0.05, 0) is 49.5 Å². The van der Waals surface area contributed by atoms with Gasteiger partial charge in [-0.1, -0.05) is 26.0 Å². The van der Waals surface area contributed by atoms with Crippen molar-refractivity contribution < 1.29 is 18.3 Å². The molecule has 1 aromatic rings. The van der Waals surface area contributed by atoms with E-state index in [-0.39, 0.29) is 22.9 Å². The van der Waals surface area contributed by atoms with E-state index in [9.17, 15) is 18.3 Å². The first-order valence-corrected chi connectivity index (χ1v) is 10.6. The zero-order valence-corrected chi connectivity index (χ0v) is 16.2. The first-order valence-electron chi connectivity index (χ1n) is 9.13. The summed E-state index contributed by atoms with van der Waals surface area (Å²) in [6.07, 6.45) is 5.90. The number of carbonyl (C=O) groups is 1. The van der Waals surface area contributed by atoms with Gasteiger partial charge in [0.1, 0.15) is 0 Å². The molecular weight excluding hydrogens is 352 g/mol. The van der Waals surface area contributed by atoms with Crippen molar-refractivity contribution in [1.82, 2.24) is 9.62 Å². The van der Waals surface area contributed by atoms with E-state index in [2.05, 4.69) is 5.32 Å². The van der Waals surface area contributed by atoms with E-state index in [0.717, 1.165) is 31.2 Å². The summed E-state index contributed by atoms with van der Waals surface area (Å²) < 4.78 is 26.3. The summed E-state index contributed by atoms with van der Waals surface area (Å²) in [6, 6.07) is 6.62. The summed E-state index contributed by atoms with van der Waals surface area (Å²) in [5.74, 6) is -0.175. The third-order valence-electron chi connectivity index (χ3n) is 4.69. The number of nitrogens with zero attached hydrogens (tertiary/aromatic N) is 1. The Hall–Kier alpha value is -1.70. The second-order valence-electron chi connectivity index (χ2n) is 6.51. The Kier molecular flexibility index (Phi) is 7.37. The number of aliphatic hydroxyl groups excluding tert-OH is 1. The Morgan fingerprint density at radius 2 is 1.73 bits per heavy atom. The van der Waals surface area contributed by atoms with Crippen molar-refractivity contribution in [3.8, 4) is 0 Å². The summed E-state index contributed by atoms with van der Waals surface area (Å²) in [5, 5.41) is 12.4. The molecule has 1 aromatic carbocycles. The summed E-state index contributed by atoms with van der Waals surface area (Å²) in [6.45, 7) is 4.48. The molecule has 7 heteroatoms. The normalized spacial score (nSPS) is 21.2. The van der Waals surface area contributed by atoms with Gasteiger partial charge < -0.3 is 10.4 Å². The van der Waals surface area contributed by atoms with Gasteiger partial charge in [0.15, 0.2) is 0 Å². The monoisotopic (exact) mass is 380 g/mol. The van der Waals surface area contributed by atoms with E-state index in [1.165, 1.54) is 10.4 Å². The Morgan fingerprint density at radius 1 is 1.15 bits per heavy atom. The molecule has 0 atom stereocenters. The number of sulfonamides is 1. The maximum atomic E-state index is 12.4. The zero-order valence-electron chi connectivity index (χ0n) is 15.4. The van der Waals surface area contributed by atoms with E-state index in [1.807, 2.05) is 13.8 Å². The van der Waals surface area contributed by atoms with Crippen LogP contribution < -0.4 is 5.32 Å². The number of aliphatic hydroxyl groups is 1. The minimum Gasteiger partial charge on any atom is -0.393 e. The largest absolute Gasteiger partial charge is 0.393 e. The lowest BCUT2D eigenvalue weighted by Crippen LogP contribution is -2.37. The molecule has 0 heterocycles. The van der Waals surface area contributed by atoms with Crippen molar-refractivity contribution in [1.29, 1.82) is 0 Å². The second kappa shape index (κ2) is 9.30. The average molecular weight is 381 g/mol. The van der Waals surface area contributed by atoms with Crippen LogP contribution in [-0.4, -0.2) is 49.0 Å². The lowest BCUT2D eigenvalue weighted by molar-refractivity contribution is -0.117. The Balaban J connectivity index is 1.96. The molecule has 0 unspecified atom stereocenters. The smallest absolute Gasteiger partial charge is 0.244 e. The highest BCUT2D eigenvalue weighted by molar-refractivity contribution is 7.89. The van der Waals surface area contributed by atoms with Crippen molar-refractivity contribution in [2.45, 2.75) is 56.6 Å². The third kappa shape index (κ3) is 5.40. The summed E-state index contributed by atoms with van der Waals surface area (Å²) in [4.78, 5) is 12.2. The fourth-order valence-corrected chi connectivity index (χ4v) is 4.56. The van der Waals surface area contributed by atoms with Crippen LogP contribution in [0.15, 0.2) is 35.2 Å². The molecular formula is C19H28N2O4S. The topological polar surface area (TPSA) is 86.7 Å². The molecule has 0 radical (unpaired) electrons. The van der Waals surface area contributed by atoms with Crippen molar-refractivity contribution >= 4 is 22.0 Å². The van der Waals surface area contributed by atoms with Crippen LogP contribution in [0.4, 0.5) is 0 Å². The summed E-state index contributed by atoms with van der Waals surface area (Å²) >= 11 is 0. The van der Waals surface area contributed by atoms with Crippen molar-refractivity contribution in [3.05, 3.63) is 35.9 Å². The predicted octanol–water partition coefficient (Wildman–Crippen LogP) is 2.15. The van der Waals surface area contributed by atoms with E-state index in [4.69, 9.17) is 0 Å². The van der Waals surface area contributed by atoms with Gasteiger partial charge in [-0.25, -0.2) is 8.42 Å². The standard InChI is InChI=1S/C19H28N2O4S/c1-3-21(4-2)26(24,25)18-12-5-15(6-13-18)7-14-19(23)20-16-8-10-17(22)11-9-16/h5-7,12-14,16-17,22H,3-4,8-11H2,1-2H3,(H,20,23)/b14-7+. The predicted molar refractivity (Wildman–Crippen MR) is 102 cm³/mol. The lowest BCUT2D eigenvalue weighted by Gasteiger charge is -2.25. The average Bonchev–Trinajstić information content (AvgIpc) is 2.63. The quantitative estimate of drug-likeness (QED) is 0.710. The van der Waals surface area contributed by atoms with Crippen LogP contribution in [0.2, 0.25) is 0 Å². The molecule has 0 saturated heterocycles. The minimum atomic E-state index is -3.46. The number of rotatable bonds is 7. The fourth-order valence-electron chi connectivity index (χ4n) is 3.10. The molecule has 1 saturated carbocycles. The second-order valence-corrected chi connectivity index (χ2v) is 8.44. The van der Waals surface area contributed by atoms with Gasteiger partial charge in [-0.15, -0.1) is 0 Å². The number of carbonyl (C=O) groups excluding carboxylic acids is 1. The Labute approximate surface area is 156 Å². The van der Waals surface area contributed by atoms with Gasteiger partial charge in [0, 0.05) is 25.2 Å². The molecule has 0 aromatic heterocycles. The first kappa shape index (κ1) is 20.6. The molecule has 0 aliphatic heterocycles. The highest BCUT2D eigenvalue weighted by Gasteiger charge is 2.21. The Morgan fingerprint density at radius 3 is 2.27 bits per heavy atom. The summed E-state index contributed by atoms with van der Waals surface area (Å²) in [7, 11) is -3.46. The number of hydrogen-bond donors (Lipinski definition) is 2. The fraction of sp³-hybridized carbons (Fsp3) is 0.526. The highest BCUT2D eigenvalue weighted by Crippen LogP contribution is 2.19. The first-order chi connectivity index (χ1) is 12.4. The number of hydrogen-bond acceptors (Lipinski definition) is 4. The molecule has 26 heavy (non-hydrogen) atoms. The number of amides is 1. The van der Waals surface area contributed by atoms with Crippen molar-refractivity contribution in [2.24, 2.45) is 0 Å². The van der Waals surface area contributed by atoms with Crippen LogP contribution >= 0.6 is 0 Å². The van der Waals surface area contributed by atoms with Gasteiger partial charge in [0.05, 0.1) is 11.0 Å². The molecule has 2 N–H and O–H groups in total. The van der Waals surface area contributed by atoms with Crippen LogP contribution in [-0.2, 0) is 14.8 Å². The molecule has 144 valence electrons. The van der Waals surface area contributed by atoms with Crippen molar-refractivity contribution in [2.75, 3.05) is 13.1 Å². The molecule has 6 nitrogen and oxygen atoms in total. The number of nitrogens with one attached hydrogen (secondary N) is 1. The van der Waals surface area contributed by atoms with E-state index < -0.39 is 10.0 Å². The molecule has 0 bridgehead atoms. The highest BCUT2D eigenvalue weighted by atomic mass is 32.2. The van der Waals surface area contributed by atoms with E-state index in [1.54, 1.807) is 30.3 Å². The van der Waals surface area contributed by atoms with Gasteiger partial charge in [-0.2, -0.15) is 4.31 Å². The minimum absolute atomic E-state index is 0.108. The van der Waals surface area contributed by atoms with Gasteiger partial charge in [0.2, 0.25) is 15.9 Å². The van der Waals surface area contributed by atoms with Crippen LogP contribution in [0.5, 0.6) is 0 Å². The van der Waals surface area contributed by atoms with Gasteiger partial charge >= 0.3 is 0 Å². The maximum Gasteiger partial charge on any atom is 0.244 e. The van der Waals surface area contributed by atoms with Crippen LogP contribution in [0.25, 0.3) is 6.08 Å². The van der Waals surface area contributed by atoms with Crippen molar-refractivity contribution in [3.63, 3.8) is 0 Å². The molecule has 1 aliphatic rings. The molecule has 1 aliphatic carbocycles. The molecule has 2 rings (SSSR count). The third-order valence-corrected chi connectivity index (χ3v) is 6.76.